The summed E-state index contributed by atoms with van der Waals surface area (Å²) in [4.78, 5) is 9.07. The zero-order valence-corrected chi connectivity index (χ0v) is 18.3. The van der Waals surface area contributed by atoms with E-state index in [1.807, 2.05) is 27.7 Å². The first-order valence-electron chi connectivity index (χ1n) is 10.1. The molecule has 168 valence electrons. The molecule has 2 heterocycles. The zero-order valence-electron chi connectivity index (χ0n) is 18.3. The van der Waals surface area contributed by atoms with Gasteiger partial charge < -0.3 is 30.7 Å². The van der Waals surface area contributed by atoms with Gasteiger partial charge in [0, 0.05) is 12.1 Å². The van der Waals surface area contributed by atoms with E-state index in [0.717, 1.165) is 0 Å². The highest BCUT2D eigenvalue weighted by atomic mass is 16.5. The molecule has 11 heteroatoms. The molecular formula is C20H29N7O4. The molecule has 3 rings (SSSR count). The van der Waals surface area contributed by atoms with Gasteiger partial charge in [-0.3, -0.25) is 0 Å². The van der Waals surface area contributed by atoms with Gasteiger partial charge in [-0.05, 0) is 31.9 Å². The van der Waals surface area contributed by atoms with Crippen molar-refractivity contribution in [1.82, 2.24) is 25.0 Å². The fourth-order valence-electron chi connectivity index (χ4n) is 3.04. The molecule has 3 aromatic rings. The Hall–Kier alpha value is -3.34. The zero-order chi connectivity index (χ0) is 22.7. The number of hydrogen-bond acceptors (Lipinski definition) is 10. The smallest absolute Gasteiger partial charge is 0.227 e. The fraction of sp³-hybridized carbons (Fsp3) is 0.500. The second-order valence-electron chi connectivity index (χ2n) is 7.85. The SMILES string of the molecule is COc1ccc(CNc2nc(NC(CO)C(C)C)nc3c2nnn3C(C)C)c(O)c1O. The highest BCUT2D eigenvalue weighted by molar-refractivity contribution is 5.83. The van der Waals surface area contributed by atoms with Crippen LogP contribution in [0.1, 0.15) is 39.3 Å². The average Bonchev–Trinajstić information content (AvgIpc) is 3.17. The Labute approximate surface area is 180 Å². The van der Waals surface area contributed by atoms with E-state index in [9.17, 15) is 15.3 Å². The minimum absolute atomic E-state index is 0.0296. The number of aromatic nitrogens is 5. The molecule has 1 atom stereocenters. The second kappa shape index (κ2) is 9.21. The maximum Gasteiger partial charge on any atom is 0.227 e. The number of anilines is 2. The molecule has 0 aliphatic carbocycles. The average molecular weight is 431 g/mol. The lowest BCUT2D eigenvalue weighted by Crippen LogP contribution is -2.30. The van der Waals surface area contributed by atoms with E-state index in [4.69, 9.17) is 4.74 Å². The van der Waals surface area contributed by atoms with Crippen molar-refractivity contribution in [2.75, 3.05) is 24.4 Å². The first kappa shape index (κ1) is 22.3. The van der Waals surface area contributed by atoms with Crippen LogP contribution in [0.2, 0.25) is 0 Å². The summed E-state index contributed by atoms with van der Waals surface area (Å²) in [5.74, 6) is 0.476. The van der Waals surface area contributed by atoms with E-state index in [0.29, 0.717) is 28.5 Å². The third kappa shape index (κ3) is 4.55. The third-order valence-corrected chi connectivity index (χ3v) is 4.99. The Morgan fingerprint density at radius 2 is 1.84 bits per heavy atom. The van der Waals surface area contributed by atoms with Gasteiger partial charge >= 0.3 is 0 Å². The summed E-state index contributed by atoms with van der Waals surface area (Å²) in [5.41, 5.74) is 1.46. The van der Waals surface area contributed by atoms with Crippen LogP contribution in [0.5, 0.6) is 17.2 Å². The number of benzene rings is 1. The Kier molecular flexibility index (Phi) is 6.64. The molecule has 0 spiro atoms. The molecule has 5 N–H and O–H groups in total. The number of fused-ring (bicyclic) bond motifs is 1. The van der Waals surface area contributed by atoms with E-state index in [-0.39, 0.29) is 48.4 Å². The predicted octanol–water partition coefficient (Wildman–Crippen LogP) is 2.26. The topological polar surface area (TPSA) is 150 Å². The molecule has 0 amide bonds. The van der Waals surface area contributed by atoms with Crippen molar-refractivity contribution < 1.29 is 20.1 Å². The molecule has 0 aliphatic heterocycles. The second-order valence-corrected chi connectivity index (χ2v) is 7.85. The molecule has 2 aromatic heterocycles. The van der Waals surface area contributed by atoms with Gasteiger partial charge in [0.05, 0.1) is 25.8 Å². The van der Waals surface area contributed by atoms with Crippen molar-refractivity contribution in [3.63, 3.8) is 0 Å². The largest absolute Gasteiger partial charge is 0.504 e. The summed E-state index contributed by atoms with van der Waals surface area (Å²) in [5, 5.41) is 44.7. The van der Waals surface area contributed by atoms with Crippen molar-refractivity contribution in [2.45, 2.75) is 46.3 Å². The minimum atomic E-state index is -0.328. The summed E-state index contributed by atoms with van der Waals surface area (Å²) in [6.45, 7) is 8.02. The first-order chi connectivity index (χ1) is 14.8. The lowest BCUT2D eigenvalue weighted by molar-refractivity contribution is 0.248. The number of aliphatic hydroxyl groups excluding tert-OH is 1. The predicted molar refractivity (Wildman–Crippen MR) is 116 cm³/mol. The summed E-state index contributed by atoms with van der Waals surface area (Å²) in [7, 11) is 1.41. The number of hydrogen-bond donors (Lipinski definition) is 5. The lowest BCUT2D eigenvalue weighted by atomic mass is 10.1. The van der Waals surface area contributed by atoms with Crippen molar-refractivity contribution in [2.24, 2.45) is 5.92 Å². The molecule has 0 saturated heterocycles. The molecular weight excluding hydrogens is 402 g/mol. The van der Waals surface area contributed by atoms with Crippen LogP contribution < -0.4 is 15.4 Å². The van der Waals surface area contributed by atoms with Crippen LogP contribution in [0, 0.1) is 5.92 Å². The van der Waals surface area contributed by atoms with E-state index in [2.05, 4.69) is 30.9 Å². The van der Waals surface area contributed by atoms with Crippen LogP contribution in [0.15, 0.2) is 12.1 Å². The number of aromatic hydroxyl groups is 2. The number of rotatable bonds is 9. The van der Waals surface area contributed by atoms with Gasteiger partial charge in [0.1, 0.15) is 0 Å². The van der Waals surface area contributed by atoms with E-state index in [1.165, 1.54) is 7.11 Å². The van der Waals surface area contributed by atoms with Crippen LogP contribution >= 0.6 is 0 Å². The number of aliphatic hydroxyl groups is 1. The lowest BCUT2D eigenvalue weighted by Gasteiger charge is -2.20. The molecule has 0 saturated carbocycles. The summed E-state index contributed by atoms with van der Waals surface area (Å²) in [6, 6.07) is 3.01. The summed E-state index contributed by atoms with van der Waals surface area (Å²) >= 11 is 0. The van der Waals surface area contributed by atoms with Crippen LogP contribution in [0.3, 0.4) is 0 Å². The van der Waals surface area contributed by atoms with Gasteiger partial charge in [0.2, 0.25) is 11.7 Å². The molecule has 1 aromatic carbocycles. The molecule has 31 heavy (non-hydrogen) atoms. The Bertz CT molecular complexity index is 1050. The van der Waals surface area contributed by atoms with Gasteiger partial charge in [-0.15, -0.1) is 5.10 Å². The van der Waals surface area contributed by atoms with Gasteiger partial charge in [-0.1, -0.05) is 19.1 Å². The molecule has 0 radical (unpaired) electrons. The first-order valence-corrected chi connectivity index (χ1v) is 10.1. The number of nitrogens with one attached hydrogen (secondary N) is 2. The van der Waals surface area contributed by atoms with E-state index >= 15 is 0 Å². The van der Waals surface area contributed by atoms with Gasteiger partial charge in [-0.25, -0.2) is 4.68 Å². The maximum atomic E-state index is 10.3. The third-order valence-electron chi connectivity index (χ3n) is 4.99. The molecule has 1 unspecified atom stereocenters. The highest BCUT2D eigenvalue weighted by Gasteiger charge is 2.20. The molecule has 11 nitrogen and oxygen atoms in total. The number of methoxy groups -OCH3 is 1. The normalized spacial score (nSPS) is 12.5. The summed E-state index contributed by atoms with van der Waals surface area (Å²) < 4.78 is 6.70. The van der Waals surface area contributed by atoms with Crippen LogP contribution in [-0.4, -0.2) is 60.0 Å². The number of phenolic OH excluding ortho intramolecular Hbond substituents is 2. The van der Waals surface area contributed by atoms with Crippen LogP contribution in [0.4, 0.5) is 11.8 Å². The number of phenols is 2. The highest BCUT2D eigenvalue weighted by Crippen LogP contribution is 2.38. The summed E-state index contributed by atoms with van der Waals surface area (Å²) in [6.07, 6.45) is 0. The standard InChI is InChI=1S/C20H29N7O4/c1-10(2)13(9-28)22-20-23-18(15-19(24-20)27(11(3)4)26-25-15)21-8-12-6-7-14(31-5)17(30)16(12)29/h6-7,10-11,13,28-30H,8-9H2,1-5H3,(H2,21,22,23,24). The van der Waals surface area contributed by atoms with Gasteiger partial charge in [0.25, 0.3) is 0 Å². The van der Waals surface area contributed by atoms with Crippen molar-refractivity contribution in [3.05, 3.63) is 17.7 Å². The Morgan fingerprint density at radius 1 is 1.10 bits per heavy atom. The van der Waals surface area contributed by atoms with Crippen molar-refractivity contribution in [1.29, 1.82) is 0 Å². The van der Waals surface area contributed by atoms with Crippen molar-refractivity contribution in [3.8, 4) is 17.2 Å². The minimum Gasteiger partial charge on any atom is -0.504 e. The Morgan fingerprint density at radius 3 is 2.45 bits per heavy atom. The molecule has 0 bridgehead atoms. The number of nitrogens with zero attached hydrogens (tertiary/aromatic N) is 5. The number of ether oxygens (including phenoxy) is 1. The van der Waals surface area contributed by atoms with Gasteiger partial charge in [0.15, 0.2) is 28.5 Å². The Balaban J connectivity index is 1.97. The molecule has 0 aliphatic rings. The van der Waals surface area contributed by atoms with Crippen molar-refractivity contribution >= 4 is 22.9 Å². The van der Waals surface area contributed by atoms with Crippen LogP contribution in [-0.2, 0) is 6.54 Å². The van der Waals surface area contributed by atoms with E-state index < -0.39 is 0 Å². The maximum absolute atomic E-state index is 10.3. The van der Waals surface area contributed by atoms with Gasteiger partial charge in [-0.2, -0.15) is 9.97 Å². The monoisotopic (exact) mass is 431 g/mol. The van der Waals surface area contributed by atoms with Crippen LogP contribution in [0.25, 0.3) is 11.2 Å². The quantitative estimate of drug-likeness (QED) is 0.319. The van der Waals surface area contributed by atoms with E-state index in [1.54, 1.807) is 16.8 Å². The molecule has 0 fully saturated rings. The fourth-order valence-corrected chi connectivity index (χ4v) is 3.04.